The summed E-state index contributed by atoms with van der Waals surface area (Å²) in [5.74, 6) is 1.01. The van der Waals surface area contributed by atoms with Gasteiger partial charge < -0.3 is 5.73 Å². The van der Waals surface area contributed by atoms with Crippen molar-refractivity contribution in [3.63, 3.8) is 0 Å². The Morgan fingerprint density at radius 2 is 2.04 bits per heavy atom. The van der Waals surface area contributed by atoms with E-state index < -0.39 is 0 Å². The average molecular weight is 384 g/mol. The molecular weight excluding hydrogens is 366 g/mol. The fraction of sp³-hybridized carbons (Fsp3) is 0.222. The summed E-state index contributed by atoms with van der Waals surface area (Å²) in [4.78, 5) is 28.0. The van der Waals surface area contributed by atoms with Gasteiger partial charge in [0.1, 0.15) is 16.3 Å². The molecule has 0 aliphatic carbocycles. The zero-order valence-electron chi connectivity index (χ0n) is 14.6. The highest BCUT2D eigenvalue weighted by molar-refractivity contribution is 7.98. The fourth-order valence-corrected chi connectivity index (χ4v) is 4.68. The third kappa shape index (κ3) is 2.85. The summed E-state index contributed by atoms with van der Waals surface area (Å²) < 4.78 is 1.56. The predicted octanol–water partition coefficient (Wildman–Crippen LogP) is 3.50. The largest absolute Gasteiger partial charge is 0.383 e. The fourth-order valence-electron chi connectivity index (χ4n) is 2.85. The van der Waals surface area contributed by atoms with Gasteiger partial charge >= 0.3 is 0 Å². The quantitative estimate of drug-likeness (QED) is 0.430. The monoisotopic (exact) mass is 383 g/mol. The number of nitrogen functional groups attached to an aromatic ring is 1. The standard InChI is InChI=1S/C18H17N5OS2/c1-9-5-4-6-23-13(24)7-12(20-16(9)23)8-25-18-21-15(19)14-10(2)11(3)26-17(14)22-18/h4-7H,8H2,1-3H3,(H2,19,21,22). The molecule has 0 unspecified atom stereocenters. The van der Waals surface area contributed by atoms with Gasteiger partial charge in [-0.2, -0.15) is 0 Å². The lowest BCUT2D eigenvalue weighted by molar-refractivity contribution is 0.989. The van der Waals surface area contributed by atoms with Gasteiger partial charge in [-0.15, -0.1) is 11.3 Å². The van der Waals surface area contributed by atoms with E-state index in [2.05, 4.69) is 21.9 Å². The molecule has 0 radical (unpaired) electrons. The summed E-state index contributed by atoms with van der Waals surface area (Å²) in [6.07, 6.45) is 1.73. The van der Waals surface area contributed by atoms with Crippen molar-refractivity contribution in [2.24, 2.45) is 0 Å². The molecule has 132 valence electrons. The number of hydrogen-bond acceptors (Lipinski definition) is 7. The summed E-state index contributed by atoms with van der Waals surface area (Å²) in [6.45, 7) is 6.04. The second-order valence-electron chi connectivity index (χ2n) is 6.11. The summed E-state index contributed by atoms with van der Waals surface area (Å²) in [7, 11) is 0. The molecule has 6 nitrogen and oxygen atoms in total. The molecule has 8 heteroatoms. The number of fused-ring (bicyclic) bond motifs is 2. The summed E-state index contributed by atoms with van der Waals surface area (Å²) in [5.41, 5.74) is 9.52. The number of thiophene rings is 1. The first kappa shape index (κ1) is 17.0. The molecule has 0 saturated heterocycles. The lowest BCUT2D eigenvalue weighted by Gasteiger charge is -2.06. The van der Waals surface area contributed by atoms with Crippen molar-refractivity contribution in [3.05, 3.63) is 56.4 Å². The number of rotatable bonds is 3. The van der Waals surface area contributed by atoms with E-state index in [4.69, 9.17) is 5.73 Å². The van der Waals surface area contributed by atoms with Crippen LogP contribution >= 0.6 is 23.1 Å². The van der Waals surface area contributed by atoms with Crippen molar-refractivity contribution in [2.75, 3.05) is 5.73 Å². The van der Waals surface area contributed by atoms with Crippen LogP contribution < -0.4 is 11.3 Å². The molecule has 4 aromatic heterocycles. The van der Waals surface area contributed by atoms with Crippen molar-refractivity contribution in [2.45, 2.75) is 31.7 Å². The van der Waals surface area contributed by atoms with E-state index in [1.54, 1.807) is 28.0 Å². The summed E-state index contributed by atoms with van der Waals surface area (Å²) in [6, 6.07) is 5.34. The van der Waals surface area contributed by atoms with Crippen LogP contribution in [0.15, 0.2) is 34.3 Å². The highest BCUT2D eigenvalue weighted by atomic mass is 32.2. The van der Waals surface area contributed by atoms with Crippen LogP contribution in [-0.4, -0.2) is 19.4 Å². The van der Waals surface area contributed by atoms with Gasteiger partial charge in [0.25, 0.3) is 5.56 Å². The number of pyridine rings is 1. The highest BCUT2D eigenvalue weighted by Crippen LogP contribution is 2.33. The Morgan fingerprint density at radius 3 is 2.85 bits per heavy atom. The lowest BCUT2D eigenvalue weighted by atomic mass is 10.2. The molecule has 0 atom stereocenters. The zero-order valence-corrected chi connectivity index (χ0v) is 16.2. The molecule has 0 aliphatic heterocycles. The Labute approximate surface area is 158 Å². The van der Waals surface area contributed by atoms with E-state index in [-0.39, 0.29) is 5.56 Å². The van der Waals surface area contributed by atoms with Crippen LogP contribution in [0.3, 0.4) is 0 Å². The molecule has 0 amide bonds. The Balaban J connectivity index is 1.67. The van der Waals surface area contributed by atoms with Gasteiger partial charge in [0.05, 0.1) is 11.1 Å². The van der Waals surface area contributed by atoms with Crippen LogP contribution in [0.5, 0.6) is 0 Å². The van der Waals surface area contributed by atoms with Gasteiger partial charge in [0.2, 0.25) is 0 Å². The van der Waals surface area contributed by atoms with Gasteiger partial charge in [-0.1, -0.05) is 17.8 Å². The van der Waals surface area contributed by atoms with Gasteiger partial charge in [0, 0.05) is 22.9 Å². The summed E-state index contributed by atoms with van der Waals surface area (Å²) in [5, 5.41) is 1.54. The molecule has 0 fully saturated rings. The van der Waals surface area contributed by atoms with Crippen molar-refractivity contribution in [3.8, 4) is 0 Å². The van der Waals surface area contributed by atoms with E-state index in [0.29, 0.717) is 28.1 Å². The van der Waals surface area contributed by atoms with Crippen molar-refractivity contribution in [1.82, 2.24) is 19.4 Å². The molecule has 0 saturated carbocycles. The minimum Gasteiger partial charge on any atom is -0.383 e. The van der Waals surface area contributed by atoms with Crippen LogP contribution in [0, 0.1) is 20.8 Å². The Bertz CT molecular complexity index is 1210. The minimum atomic E-state index is -0.0882. The Kier molecular flexibility index (Phi) is 4.16. The zero-order chi connectivity index (χ0) is 18.4. The minimum absolute atomic E-state index is 0.0882. The molecule has 0 spiro atoms. The number of nitrogens with zero attached hydrogens (tertiary/aromatic N) is 4. The Hall–Kier alpha value is -2.45. The van der Waals surface area contributed by atoms with Crippen molar-refractivity contribution in [1.29, 1.82) is 0 Å². The molecule has 4 heterocycles. The highest BCUT2D eigenvalue weighted by Gasteiger charge is 2.13. The van der Waals surface area contributed by atoms with Crippen LogP contribution in [0.2, 0.25) is 0 Å². The normalized spacial score (nSPS) is 11.5. The first-order valence-corrected chi connectivity index (χ1v) is 9.88. The van der Waals surface area contributed by atoms with E-state index in [0.717, 1.165) is 21.3 Å². The maximum absolute atomic E-state index is 12.3. The van der Waals surface area contributed by atoms with E-state index >= 15 is 0 Å². The molecule has 4 aromatic rings. The maximum atomic E-state index is 12.3. The number of hydrogen-bond donors (Lipinski definition) is 1. The number of aromatic nitrogens is 4. The number of anilines is 1. The molecule has 26 heavy (non-hydrogen) atoms. The first-order valence-electron chi connectivity index (χ1n) is 8.08. The first-order chi connectivity index (χ1) is 12.4. The topological polar surface area (TPSA) is 86.2 Å². The second kappa shape index (κ2) is 6.37. The molecule has 0 bridgehead atoms. The van der Waals surface area contributed by atoms with E-state index in [1.807, 2.05) is 26.0 Å². The maximum Gasteiger partial charge on any atom is 0.258 e. The van der Waals surface area contributed by atoms with E-state index in [1.165, 1.54) is 16.6 Å². The van der Waals surface area contributed by atoms with Crippen LogP contribution in [0.1, 0.15) is 21.7 Å². The molecule has 4 rings (SSSR count). The molecular formula is C18H17N5OS2. The number of nitrogens with two attached hydrogens (primary N) is 1. The third-order valence-electron chi connectivity index (χ3n) is 4.32. The van der Waals surface area contributed by atoms with Gasteiger partial charge in [0.15, 0.2) is 5.16 Å². The lowest BCUT2D eigenvalue weighted by Crippen LogP contribution is -2.15. The number of thioether (sulfide) groups is 1. The number of aryl methyl sites for hydroxylation is 3. The molecule has 0 aliphatic rings. The van der Waals surface area contributed by atoms with Crippen LogP contribution in [0.4, 0.5) is 5.82 Å². The van der Waals surface area contributed by atoms with E-state index in [9.17, 15) is 4.79 Å². The average Bonchev–Trinajstić information content (AvgIpc) is 2.89. The molecule has 0 aromatic carbocycles. The third-order valence-corrected chi connectivity index (χ3v) is 6.31. The van der Waals surface area contributed by atoms with Gasteiger partial charge in [-0.3, -0.25) is 9.20 Å². The van der Waals surface area contributed by atoms with Gasteiger partial charge in [-0.25, -0.2) is 15.0 Å². The van der Waals surface area contributed by atoms with Crippen LogP contribution in [0.25, 0.3) is 15.9 Å². The summed E-state index contributed by atoms with van der Waals surface area (Å²) >= 11 is 3.06. The predicted molar refractivity (Wildman–Crippen MR) is 107 cm³/mol. The second-order valence-corrected chi connectivity index (χ2v) is 8.26. The van der Waals surface area contributed by atoms with Crippen molar-refractivity contribution >= 4 is 44.8 Å². The van der Waals surface area contributed by atoms with Crippen molar-refractivity contribution < 1.29 is 0 Å². The van der Waals surface area contributed by atoms with Crippen LogP contribution in [-0.2, 0) is 5.75 Å². The van der Waals surface area contributed by atoms with Gasteiger partial charge in [-0.05, 0) is 38.0 Å². The Morgan fingerprint density at radius 1 is 1.23 bits per heavy atom. The SMILES string of the molecule is Cc1sc2nc(SCc3cc(=O)n4cccc(C)c4n3)nc(N)c2c1C. The molecule has 2 N–H and O–H groups in total. The smallest absolute Gasteiger partial charge is 0.258 e.